The Morgan fingerprint density at radius 3 is 2.39 bits per heavy atom. The summed E-state index contributed by atoms with van der Waals surface area (Å²) in [6.07, 6.45) is 8.19. The standard InChI is InChI=1S/C17H30N2O4/c1-14(19-9-11-22-12-10-19)17(21)23-13-16(20)18-15-7-5-3-2-4-6-8-15/h14-15H,2-13H2,1H3,(H,18,20)/t14-/m0/s1. The monoisotopic (exact) mass is 326 g/mol. The van der Waals surface area contributed by atoms with Crippen LogP contribution in [-0.2, 0) is 19.1 Å². The van der Waals surface area contributed by atoms with E-state index in [9.17, 15) is 9.59 Å². The molecule has 0 spiro atoms. The molecule has 23 heavy (non-hydrogen) atoms. The maximum Gasteiger partial charge on any atom is 0.323 e. The Morgan fingerprint density at radius 1 is 1.13 bits per heavy atom. The second-order valence-corrected chi connectivity index (χ2v) is 6.54. The summed E-state index contributed by atoms with van der Waals surface area (Å²) in [5, 5.41) is 3.01. The highest BCUT2D eigenvalue weighted by Crippen LogP contribution is 2.17. The Morgan fingerprint density at radius 2 is 1.74 bits per heavy atom. The average Bonchev–Trinajstić information content (AvgIpc) is 2.55. The molecule has 6 heteroatoms. The normalized spacial score (nSPS) is 22.7. The molecule has 132 valence electrons. The molecule has 1 heterocycles. The van der Waals surface area contributed by atoms with Crippen molar-refractivity contribution in [3.63, 3.8) is 0 Å². The zero-order chi connectivity index (χ0) is 16.5. The molecule has 0 radical (unpaired) electrons. The van der Waals surface area contributed by atoms with E-state index in [4.69, 9.17) is 9.47 Å². The molecule has 1 atom stereocenters. The summed E-state index contributed by atoms with van der Waals surface area (Å²) in [7, 11) is 0. The number of nitrogens with one attached hydrogen (secondary N) is 1. The minimum Gasteiger partial charge on any atom is -0.454 e. The van der Waals surface area contributed by atoms with Crippen LogP contribution in [0.3, 0.4) is 0 Å². The number of hydrogen-bond donors (Lipinski definition) is 1. The molecular weight excluding hydrogens is 296 g/mol. The molecule has 1 amide bonds. The average molecular weight is 326 g/mol. The zero-order valence-corrected chi connectivity index (χ0v) is 14.2. The molecule has 6 nitrogen and oxygen atoms in total. The van der Waals surface area contributed by atoms with Crippen LogP contribution in [0.2, 0.25) is 0 Å². The van der Waals surface area contributed by atoms with E-state index in [2.05, 4.69) is 5.32 Å². The minimum atomic E-state index is -0.334. The van der Waals surface area contributed by atoms with Gasteiger partial charge in [-0.05, 0) is 19.8 Å². The number of esters is 1. The summed E-state index contributed by atoms with van der Waals surface area (Å²) in [4.78, 5) is 26.1. The van der Waals surface area contributed by atoms with Gasteiger partial charge in [-0.1, -0.05) is 32.1 Å². The van der Waals surface area contributed by atoms with Crippen molar-refractivity contribution in [1.82, 2.24) is 10.2 Å². The van der Waals surface area contributed by atoms with Crippen LogP contribution in [-0.4, -0.2) is 61.8 Å². The second kappa shape index (κ2) is 9.88. The highest BCUT2D eigenvalue weighted by atomic mass is 16.5. The Hall–Kier alpha value is -1.14. The molecule has 0 aromatic carbocycles. The lowest BCUT2D eigenvalue weighted by atomic mass is 9.97. The SMILES string of the molecule is C[C@@H](C(=O)OCC(=O)NC1CCCCCCC1)N1CCOCC1. The summed E-state index contributed by atoms with van der Waals surface area (Å²) >= 11 is 0. The fourth-order valence-electron chi connectivity index (χ4n) is 3.24. The fraction of sp³-hybridized carbons (Fsp3) is 0.882. The van der Waals surface area contributed by atoms with Crippen LogP contribution in [0.15, 0.2) is 0 Å². The van der Waals surface area contributed by atoms with Gasteiger partial charge in [-0.15, -0.1) is 0 Å². The molecule has 1 aliphatic heterocycles. The highest BCUT2D eigenvalue weighted by Gasteiger charge is 2.25. The molecule has 1 saturated heterocycles. The predicted molar refractivity (Wildman–Crippen MR) is 87.1 cm³/mol. The van der Waals surface area contributed by atoms with Gasteiger partial charge in [-0.25, -0.2) is 0 Å². The third-order valence-electron chi connectivity index (χ3n) is 4.75. The number of morpholine rings is 1. The van der Waals surface area contributed by atoms with Crippen LogP contribution in [0.5, 0.6) is 0 Å². The number of nitrogens with zero attached hydrogens (tertiary/aromatic N) is 1. The van der Waals surface area contributed by atoms with Crippen LogP contribution in [0, 0.1) is 0 Å². The Bertz CT molecular complexity index is 375. The van der Waals surface area contributed by atoms with E-state index < -0.39 is 0 Å². The van der Waals surface area contributed by atoms with Crippen molar-refractivity contribution >= 4 is 11.9 Å². The lowest BCUT2D eigenvalue weighted by Crippen LogP contribution is -2.47. The molecule has 0 bridgehead atoms. The first kappa shape index (κ1) is 18.2. The van der Waals surface area contributed by atoms with Gasteiger partial charge < -0.3 is 14.8 Å². The van der Waals surface area contributed by atoms with Gasteiger partial charge >= 0.3 is 5.97 Å². The first-order chi connectivity index (χ1) is 11.2. The van der Waals surface area contributed by atoms with Crippen molar-refractivity contribution in [2.75, 3.05) is 32.9 Å². The van der Waals surface area contributed by atoms with Crippen molar-refractivity contribution in [2.24, 2.45) is 0 Å². The van der Waals surface area contributed by atoms with Gasteiger partial charge in [0.25, 0.3) is 5.91 Å². The zero-order valence-electron chi connectivity index (χ0n) is 14.2. The number of hydrogen-bond acceptors (Lipinski definition) is 5. The van der Waals surface area contributed by atoms with Crippen LogP contribution >= 0.6 is 0 Å². The molecule has 0 aromatic heterocycles. The Kier molecular flexibility index (Phi) is 7.82. The molecule has 2 rings (SSSR count). The topological polar surface area (TPSA) is 67.9 Å². The predicted octanol–water partition coefficient (Wildman–Crippen LogP) is 1.48. The fourth-order valence-corrected chi connectivity index (χ4v) is 3.24. The summed E-state index contributed by atoms with van der Waals surface area (Å²) in [5.74, 6) is -0.516. The van der Waals surface area contributed by atoms with Crippen LogP contribution < -0.4 is 5.32 Å². The van der Waals surface area contributed by atoms with E-state index in [-0.39, 0.29) is 30.6 Å². The molecule has 0 aromatic rings. The summed E-state index contributed by atoms with van der Waals surface area (Å²) in [5.41, 5.74) is 0. The quantitative estimate of drug-likeness (QED) is 0.775. The van der Waals surface area contributed by atoms with Crippen molar-refractivity contribution in [1.29, 1.82) is 0 Å². The van der Waals surface area contributed by atoms with E-state index in [1.54, 1.807) is 0 Å². The Balaban J connectivity index is 1.67. The van der Waals surface area contributed by atoms with E-state index in [0.29, 0.717) is 13.2 Å². The first-order valence-electron chi connectivity index (χ1n) is 8.94. The van der Waals surface area contributed by atoms with E-state index in [1.165, 1.54) is 32.1 Å². The van der Waals surface area contributed by atoms with E-state index in [0.717, 1.165) is 25.9 Å². The number of carbonyl (C=O) groups excluding carboxylic acids is 2. The molecule has 1 aliphatic carbocycles. The van der Waals surface area contributed by atoms with Gasteiger partial charge in [-0.2, -0.15) is 0 Å². The largest absolute Gasteiger partial charge is 0.454 e. The van der Waals surface area contributed by atoms with Gasteiger partial charge in [0, 0.05) is 19.1 Å². The molecular formula is C17H30N2O4. The molecule has 0 unspecified atom stereocenters. The van der Waals surface area contributed by atoms with Crippen LogP contribution in [0.1, 0.15) is 51.9 Å². The summed E-state index contributed by atoms with van der Waals surface area (Å²) in [6, 6.07) is -0.0914. The molecule has 1 N–H and O–H groups in total. The second-order valence-electron chi connectivity index (χ2n) is 6.54. The smallest absolute Gasteiger partial charge is 0.323 e. The van der Waals surface area contributed by atoms with Gasteiger partial charge in [0.2, 0.25) is 0 Å². The highest BCUT2D eigenvalue weighted by molar-refractivity contribution is 5.82. The summed E-state index contributed by atoms with van der Waals surface area (Å²) in [6.45, 7) is 4.37. The number of carbonyl (C=O) groups is 2. The maximum absolute atomic E-state index is 12.1. The van der Waals surface area contributed by atoms with E-state index in [1.807, 2.05) is 11.8 Å². The Labute approximate surface area is 138 Å². The van der Waals surface area contributed by atoms with Gasteiger partial charge in [0.05, 0.1) is 13.2 Å². The number of amides is 1. The first-order valence-corrected chi connectivity index (χ1v) is 8.94. The number of rotatable bonds is 5. The van der Waals surface area contributed by atoms with Crippen LogP contribution in [0.4, 0.5) is 0 Å². The van der Waals surface area contributed by atoms with Crippen LogP contribution in [0.25, 0.3) is 0 Å². The molecule has 2 aliphatic rings. The molecule has 1 saturated carbocycles. The maximum atomic E-state index is 12.1. The van der Waals surface area contributed by atoms with Crippen molar-refractivity contribution in [3.8, 4) is 0 Å². The third kappa shape index (κ3) is 6.47. The van der Waals surface area contributed by atoms with Gasteiger partial charge in [-0.3, -0.25) is 14.5 Å². The minimum absolute atomic E-state index is 0.177. The van der Waals surface area contributed by atoms with E-state index >= 15 is 0 Å². The lowest BCUT2D eigenvalue weighted by Gasteiger charge is -2.30. The van der Waals surface area contributed by atoms with Gasteiger partial charge in [0.15, 0.2) is 6.61 Å². The van der Waals surface area contributed by atoms with Crippen molar-refractivity contribution < 1.29 is 19.1 Å². The molecule has 2 fully saturated rings. The third-order valence-corrected chi connectivity index (χ3v) is 4.75. The number of ether oxygens (including phenoxy) is 2. The lowest BCUT2D eigenvalue weighted by molar-refractivity contribution is -0.154. The van der Waals surface area contributed by atoms with Crippen molar-refractivity contribution in [2.45, 2.75) is 64.0 Å². The van der Waals surface area contributed by atoms with Gasteiger partial charge in [0.1, 0.15) is 6.04 Å². The van der Waals surface area contributed by atoms with Crippen molar-refractivity contribution in [3.05, 3.63) is 0 Å². The summed E-state index contributed by atoms with van der Waals surface area (Å²) < 4.78 is 10.5.